The van der Waals surface area contributed by atoms with E-state index in [1.807, 2.05) is 19.1 Å². The summed E-state index contributed by atoms with van der Waals surface area (Å²) in [6, 6.07) is 10.1. The quantitative estimate of drug-likeness (QED) is 0.559. The average molecular weight is 394 g/mol. The predicted octanol–water partition coefficient (Wildman–Crippen LogP) is 3.60. The summed E-state index contributed by atoms with van der Waals surface area (Å²) in [6.45, 7) is 1.86. The van der Waals surface area contributed by atoms with Crippen molar-refractivity contribution in [1.82, 2.24) is 14.5 Å². The third-order valence-electron chi connectivity index (χ3n) is 4.56. The van der Waals surface area contributed by atoms with Crippen LogP contribution < -0.4 is 15.6 Å². The number of fused-ring (bicyclic) bond motifs is 3. The van der Waals surface area contributed by atoms with Crippen molar-refractivity contribution in [2.24, 2.45) is 0 Å². The van der Waals surface area contributed by atoms with E-state index in [1.165, 1.54) is 22.2 Å². The second-order valence-corrected chi connectivity index (χ2v) is 7.23. The van der Waals surface area contributed by atoms with Gasteiger partial charge < -0.3 is 10.1 Å². The van der Waals surface area contributed by atoms with Gasteiger partial charge in [0.25, 0.3) is 5.56 Å². The normalized spacial score (nSPS) is 12.2. The number of carbonyl (C=O) groups is 1. The van der Waals surface area contributed by atoms with Crippen molar-refractivity contribution in [2.45, 2.75) is 19.4 Å². The van der Waals surface area contributed by atoms with Crippen molar-refractivity contribution in [3.8, 4) is 5.75 Å². The number of nitrogens with zero attached hydrogens (tertiary/aromatic N) is 3. The number of amides is 1. The van der Waals surface area contributed by atoms with Crippen molar-refractivity contribution in [1.29, 1.82) is 0 Å². The Bertz CT molecular complexity index is 1210. The molecule has 0 aliphatic carbocycles. The number of ether oxygens (including phenoxy) is 1. The molecule has 3 aromatic heterocycles. The molecule has 1 amide bonds. The zero-order valence-electron chi connectivity index (χ0n) is 15.4. The molecule has 142 valence electrons. The lowest BCUT2D eigenvalue weighted by molar-refractivity contribution is -0.119. The van der Waals surface area contributed by atoms with Gasteiger partial charge in [0.2, 0.25) is 5.91 Å². The molecule has 0 saturated carbocycles. The van der Waals surface area contributed by atoms with Gasteiger partial charge in [-0.15, -0.1) is 11.3 Å². The zero-order valence-corrected chi connectivity index (χ0v) is 16.2. The fourth-order valence-corrected chi connectivity index (χ4v) is 4.15. The van der Waals surface area contributed by atoms with Crippen molar-refractivity contribution in [2.75, 3.05) is 12.4 Å². The molecular weight excluding hydrogens is 376 g/mol. The van der Waals surface area contributed by atoms with Gasteiger partial charge in [-0.1, -0.05) is 6.92 Å². The van der Waals surface area contributed by atoms with Crippen LogP contribution in [0.25, 0.3) is 20.4 Å². The molecule has 3 heterocycles. The molecule has 4 aromatic rings. The maximum Gasteiger partial charge on any atom is 0.272 e. The van der Waals surface area contributed by atoms with Gasteiger partial charge in [0.15, 0.2) is 0 Å². The van der Waals surface area contributed by atoms with Crippen molar-refractivity contribution >= 4 is 43.4 Å². The SMILES string of the molecule is CCC(C(=O)Nc1ccc(OC)cc1)n1cnc2c(sc3ncccc32)c1=O. The first-order valence-corrected chi connectivity index (χ1v) is 9.63. The van der Waals surface area contributed by atoms with Gasteiger partial charge in [-0.2, -0.15) is 0 Å². The van der Waals surface area contributed by atoms with Crippen LogP contribution in [0.4, 0.5) is 5.69 Å². The van der Waals surface area contributed by atoms with Crippen molar-refractivity contribution in [3.63, 3.8) is 0 Å². The Hall–Kier alpha value is -3.26. The van der Waals surface area contributed by atoms with Gasteiger partial charge in [-0.05, 0) is 42.8 Å². The molecule has 0 radical (unpaired) electrons. The Kier molecular flexibility index (Phi) is 4.79. The van der Waals surface area contributed by atoms with Gasteiger partial charge in [0, 0.05) is 17.3 Å². The van der Waals surface area contributed by atoms with E-state index in [1.54, 1.807) is 37.6 Å². The van der Waals surface area contributed by atoms with E-state index in [2.05, 4.69) is 15.3 Å². The highest BCUT2D eigenvalue weighted by Crippen LogP contribution is 2.28. The van der Waals surface area contributed by atoms with Crippen LogP contribution in [0.15, 0.2) is 53.7 Å². The summed E-state index contributed by atoms with van der Waals surface area (Å²) in [4.78, 5) is 35.4. The molecule has 0 spiro atoms. The highest BCUT2D eigenvalue weighted by molar-refractivity contribution is 7.25. The monoisotopic (exact) mass is 394 g/mol. The topological polar surface area (TPSA) is 86.1 Å². The number of anilines is 1. The number of hydrogen-bond donors (Lipinski definition) is 1. The lowest BCUT2D eigenvalue weighted by atomic mass is 10.2. The number of rotatable bonds is 5. The van der Waals surface area contributed by atoms with Crippen LogP contribution in [0.1, 0.15) is 19.4 Å². The summed E-state index contributed by atoms with van der Waals surface area (Å²) in [5, 5.41) is 3.70. The molecule has 1 N–H and O–H groups in total. The Labute approximate surface area is 164 Å². The van der Waals surface area contributed by atoms with Gasteiger partial charge >= 0.3 is 0 Å². The minimum absolute atomic E-state index is 0.232. The summed E-state index contributed by atoms with van der Waals surface area (Å²) in [7, 11) is 1.58. The fraction of sp³-hybridized carbons (Fsp3) is 0.200. The largest absolute Gasteiger partial charge is 0.497 e. The standard InChI is InChI=1S/C20H18N4O3S/c1-3-15(18(25)23-12-6-8-13(27-2)9-7-12)24-11-22-16-14-5-4-10-21-19(14)28-17(16)20(24)26/h4-11,15H,3H2,1-2H3,(H,23,25). The molecule has 1 aromatic carbocycles. The molecule has 1 atom stereocenters. The number of benzene rings is 1. The van der Waals surface area contributed by atoms with Gasteiger partial charge in [-0.3, -0.25) is 14.2 Å². The van der Waals surface area contributed by atoms with Crippen LogP contribution in [-0.4, -0.2) is 27.6 Å². The molecule has 0 saturated heterocycles. The molecular formula is C20H18N4O3S. The number of pyridine rings is 1. The van der Waals surface area contributed by atoms with E-state index in [9.17, 15) is 9.59 Å². The predicted molar refractivity (Wildman–Crippen MR) is 110 cm³/mol. The highest BCUT2D eigenvalue weighted by Gasteiger charge is 2.22. The Morgan fingerprint density at radius 1 is 1.25 bits per heavy atom. The Morgan fingerprint density at radius 2 is 2.04 bits per heavy atom. The molecule has 7 nitrogen and oxygen atoms in total. The maximum absolute atomic E-state index is 13.0. The van der Waals surface area contributed by atoms with Crippen LogP contribution in [-0.2, 0) is 4.79 Å². The van der Waals surface area contributed by atoms with E-state index >= 15 is 0 Å². The van der Waals surface area contributed by atoms with Crippen molar-refractivity contribution < 1.29 is 9.53 Å². The minimum atomic E-state index is -0.662. The number of hydrogen-bond acceptors (Lipinski definition) is 6. The first-order chi connectivity index (χ1) is 13.6. The Balaban J connectivity index is 1.69. The minimum Gasteiger partial charge on any atom is -0.497 e. The summed E-state index contributed by atoms with van der Waals surface area (Å²) in [5.74, 6) is 0.435. The first-order valence-electron chi connectivity index (χ1n) is 8.81. The van der Waals surface area contributed by atoms with Gasteiger partial charge in [0.1, 0.15) is 21.3 Å². The molecule has 0 aliphatic heterocycles. The average Bonchev–Trinajstić information content (AvgIpc) is 3.10. The van der Waals surface area contributed by atoms with Crippen LogP contribution in [0.3, 0.4) is 0 Å². The van der Waals surface area contributed by atoms with E-state index in [4.69, 9.17) is 4.74 Å². The second-order valence-electron chi connectivity index (χ2n) is 6.23. The molecule has 0 fully saturated rings. The zero-order chi connectivity index (χ0) is 19.7. The van der Waals surface area contributed by atoms with E-state index in [-0.39, 0.29) is 11.5 Å². The van der Waals surface area contributed by atoms with E-state index in [0.717, 1.165) is 10.2 Å². The Morgan fingerprint density at radius 3 is 2.75 bits per heavy atom. The van der Waals surface area contributed by atoms with Gasteiger partial charge in [0.05, 0.1) is 19.0 Å². The number of methoxy groups -OCH3 is 1. The maximum atomic E-state index is 13.0. The molecule has 1 unspecified atom stereocenters. The molecule has 4 rings (SSSR count). The van der Waals surface area contributed by atoms with E-state index < -0.39 is 6.04 Å². The summed E-state index contributed by atoms with van der Waals surface area (Å²) in [5.41, 5.74) is 1.03. The van der Waals surface area contributed by atoms with Crippen LogP contribution in [0.5, 0.6) is 5.75 Å². The smallest absolute Gasteiger partial charge is 0.272 e. The molecule has 8 heteroatoms. The van der Waals surface area contributed by atoms with E-state index in [0.29, 0.717) is 28.1 Å². The number of nitrogens with one attached hydrogen (secondary N) is 1. The lowest BCUT2D eigenvalue weighted by Crippen LogP contribution is -2.33. The molecule has 0 aliphatic rings. The van der Waals surface area contributed by atoms with Crippen LogP contribution in [0, 0.1) is 0 Å². The first kappa shape index (κ1) is 18.1. The number of aromatic nitrogens is 3. The summed E-state index contributed by atoms with van der Waals surface area (Å²) in [6.07, 6.45) is 3.59. The number of thiophene rings is 1. The third kappa shape index (κ3) is 3.11. The second kappa shape index (κ2) is 7.40. The van der Waals surface area contributed by atoms with Gasteiger partial charge in [-0.25, -0.2) is 9.97 Å². The molecule has 28 heavy (non-hydrogen) atoms. The summed E-state index contributed by atoms with van der Waals surface area (Å²) < 4.78 is 7.03. The lowest BCUT2D eigenvalue weighted by Gasteiger charge is -2.17. The van der Waals surface area contributed by atoms with Crippen LogP contribution >= 0.6 is 11.3 Å². The molecule has 0 bridgehead atoms. The van der Waals surface area contributed by atoms with Crippen LogP contribution in [0.2, 0.25) is 0 Å². The third-order valence-corrected chi connectivity index (χ3v) is 5.65. The number of carbonyl (C=O) groups excluding carboxylic acids is 1. The highest BCUT2D eigenvalue weighted by atomic mass is 32.1. The fourth-order valence-electron chi connectivity index (χ4n) is 3.11. The summed E-state index contributed by atoms with van der Waals surface area (Å²) >= 11 is 1.30. The van der Waals surface area contributed by atoms with Crippen molar-refractivity contribution in [3.05, 3.63) is 59.3 Å².